The number of aromatic nitrogens is 4. The Bertz CT molecular complexity index is 518. The van der Waals surface area contributed by atoms with E-state index in [2.05, 4.69) is 28.9 Å². The van der Waals surface area contributed by atoms with Crippen LogP contribution in [0.2, 0.25) is 0 Å². The van der Waals surface area contributed by atoms with E-state index in [1.807, 2.05) is 10.7 Å². The highest BCUT2D eigenvalue weighted by Gasteiger charge is 2.14. The molecule has 2 heterocycles. The molecule has 0 unspecified atom stereocenters. The fourth-order valence-corrected chi connectivity index (χ4v) is 2.07. The zero-order valence-electron chi connectivity index (χ0n) is 10.9. The Morgan fingerprint density at radius 3 is 2.78 bits per heavy atom. The molecule has 5 nitrogen and oxygen atoms in total. The van der Waals surface area contributed by atoms with Crippen LogP contribution in [0.3, 0.4) is 0 Å². The molecule has 2 aromatic heterocycles. The maximum atomic E-state index is 5.96. The number of rotatable bonds is 5. The van der Waals surface area contributed by atoms with E-state index < -0.39 is 0 Å². The van der Waals surface area contributed by atoms with Crippen molar-refractivity contribution < 1.29 is 0 Å². The topological polar surface area (TPSA) is 69.6 Å². The van der Waals surface area contributed by atoms with Gasteiger partial charge in [0, 0.05) is 18.3 Å². The van der Waals surface area contributed by atoms with Gasteiger partial charge < -0.3 is 5.73 Å². The van der Waals surface area contributed by atoms with Crippen LogP contribution in [0, 0.1) is 0 Å². The predicted molar refractivity (Wildman–Crippen MR) is 72.0 cm³/mol. The fraction of sp³-hybridized carbons (Fsp3) is 0.462. The lowest BCUT2D eigenvalue weighted by atomic mass is 10.1. The van der Waals surface area contributed by atoms with Crippen LogP contribution in [-0.2, 0) is 13.0 Å². The molecule has 0 aromatic carbocycles. The molecule has 0 aliphatic heterocycles. The zero-order chi connectivity index (χ0) is 13.0. The third kappa shape index (κ3) is 2.34. The van der Waals surface area contributed by atoms with Crippen molar-refractivity contribution in [3.05, 3.63) is 24.2 Å². The van der Waals surface area contributed by atoms with E-state index in [1.54, 1.807) is 6.20 Å². The zero-order valence-corrected chi connectivity index (χ0v) is 10.9. The fourth-order valence-electron chi connectivity index (χ4n) is 2.07. The highest BCUT2D eigenvalue weighted by molar-refractivity contribution is 5.64. The highest BCUT2D eigenvalue weighted by atomic mass is 15.3. The van der Waals surface area contributed by atoms with Gasteiger partial charge in [-0.05, 0) is 18.9 Å². The normalized spacial score (nSPS) is 10.8. The van der Waals surface area contributed by atoms with Crippen molar-refractivity contribution in [2.24, 2.45) is 0 Å². The summed E-state index contributed by atoms with van der Waals surface area (Å²) in [6.07, 6.45) is 6.27. The molecule has 0 saturated carbocycles. The standard InChI is InChI=1S/C13H19N5/c1-3-5-10-12(15-9-16-13(10)14)11-6-7-17-18(11)8-4-2/h6-7,9H,3-5,8H2,1-2H3,(H2,14,15,16). The Kier molecular flexibility index (Phi) is 3.92. The predicted octanol–water partition coefficient (Wildman–Crippen LogP) is 2.28. The number of hydrogen-bond donors (Lipinski definition) is 1. The van der Waals surface area contributed by atoms with Gasteiger partial charge in [-0.1, -0.05) is 20.3 Å². The van der Waals surface area contributed by atoms with Crippen LogP contribution in [-0.4, -0.2) is 19.7 Å². The lowest BCUT2D eigenvalue weighted by molar-refractivity contribution is 0.607. The van der Waals surface area contributed by atoms with Gasteiger partial charge >= 0.3 is 0 Å². The van der Waals surface area contributed by atoms with Crippen LogP contribution in [0.5, 0.6) is 0 Å². The first-order chi connectivity index (χ1) is 8.77. The lowest BCUT2D eigenvalue weighted by Crippen LogP contribution is -2.07. The molecule has 0 spiro atoms. The van der Waals surface area contributed by atoms with E-state index in [0.29, 0.717) is 5.82 Å². The molecule has 2 rings (SSSR count). The molecule has 0 aliphatic carbocycles. The summed E-state index contributed by atoms with van der Waals surface area (Å²) in [6, 6.07) is 1.98. The lowest BCUT2D eigenvalue weighted by Gasteiger charge is -2.11. The van der Waals surface area contributed by atoms with Crippen LogP contribution in [0.15, 0.2) is 18.6 Å². The molecule has 0 aliphatic rings. The van der Waals surface area contributed by atoms with Crippen LogP contribution >= 0.6 is 0 Å². The summed E-state index contributed by atoms with van der Waals surface area (Å²) in [6.45, 7) is 5.14. The molecule has 0 saturated heterocycles. The van der Waals surface area contributed by atoms with Crippen molar-refractivity contribution in [3.63, 3.8) is 0 Å². The van der Waals surface area contributed by atoms with Gasteiger partial charge in [-0.2, -0.15) is 5.10 Å². The van der Waals surface area contributed by atoms with Crippen molar-refractivity contribution in [2.75, 3.05) is 5.73 Å². The summed E-state index contributed by atoms with van der Waals surface area (Å²) in [4.78, 5) is 8.47. The minimum Gasteiger partial charge on any atom is -0.383 e. The molecule has 96 valence electrons. The minimum atomic E-state index is 0.575. The van der Waals surface area contributed by atoms with E-state index in [9.17, 15) is 0 Å². The quantitative estimate of drug-likeness (QED) is 0.877. The molecule has 5 heteroatoms. The van der Waals surface area contributed by atoms with Gasteiger partial charge in [0.05, 0.1) is 11.4 Å². The number of nitrogens with two attached hydrogens (primary N) is 1. The third-order valence-corrected chi connectivity index (χ3v) is 2.87. The van der Waals surface area contributed by atoms with Gasteiger partial charge in [-0.3, -0.25) is 4.68 Å². The van der Waals surface area contributed by atoms with Crippen LogP contribution in [0.1, 0.15) is 32.3 Å². The van der Waals surface area contributed by atoms with Crippen LogP contribution in [0.4, 0.5) is 5.82 Å². The Hall–Kier alpha value is -1.91. The summed E-state index contributed by atoms with van der Waals surface area (Å²) >= 11 is 0. The van der Waals surface area contributed by atoms with E-state index in [-0.39, 0.29) is 0 Å². The molecule has 0 fully saturated rings. The van der Waals surface area contributed by atoms with Crippen molar-refractivity contribution >= 4 is 5.82 Å². The number of hydrogen-bond acceptors (Lipinski definition) is 4. The Labute approximate surface area is 107 Å². The summed E-state index contributed by atoms with van der Waals surface area (Å²) in [5, 5.41) is 4.33. The van der Waals surface area contributed by atoms with Crippen LogP contribution < -0.4 is 5.73 Å². The van der Waals surface area contributed by atoms with Crippen molar-refractivity contribution in [1.29, 1.82) is 0 Å². The maximum Gasteiger partial charge on any atom is 0.130 e. The molecule has 0 bridgehead atoms. The average Bonchev–Trinajstić information content (AvgIpc) is 2.81. The molecule has 18 heavy (non-hydrogen) atoms. The second-order valence-electron chi connectivity index (χ2n) is 4.28. The number of anilines is 1. The molecular weight excluding hydrogens is 226 g/mol. The second-order valence-corrected chi connectivity index (χ2v) is 4.28. The van der Waals surface area contributed by atoms with E-state index in [4.69, 9.17) is 5.73 Å². The Balaban J connectivity index is 2.49. The first-order valence-corrected chi connectivity index (χ1v) is 6.39. The minimum absolute atomic E-state index is 0.575. The SMILES string of the molecule is CCCc1c(N)ncnc1-c1ccnn1CCC. The summed E-state index contributed by atoms with van der Waals surface area (Å²) in [7, 11) is 0. The van der Waals surface area contributed by atoms with E-state index in [0.717, 1.165) is 42.8 Å². The maximum absolute atomic E-state index is 5.96. The van der Waals surface area contributed by atoms with Gasteiger partial charge in [-0.25, -0.2) is 9.97 Å². The Morgan fingerprint density at radius 1 is 1.22 bits per heavy atom. The van der Waals surface area contributed by atoms with Gasteiger partial charge in [-0.15, -0.1) is 0 Å². The first kappa shape index (κ1) is 12.5. The number of nitrogen functional groups attached to an aromatic ring is 1. The third-order valence-electron chi connectivity index (χ3n) is 2.87. The van der Waals surface area contributed by atoms with Gasteiger partial charge in [0.15, 0.2) is 0 Å². The van der Waals surface area contributed by atoms with Gasteiger partial charge in [0.2, 0.25) is 0 Å². The monoisotopic (exact) mass is 245 g/mol. The van der Waals surface area contributed by atoms with E-state index in [1.165, 1.54) is 6.33 Å². The second kappa shape index (κ2) is 5.62. The molecule has 2 aromatic rings. The van der Waals surface area contributed by atoms with Crippen molar-refractivity contribution in [1.82, 2.24) is 19.7 Å². The number of aryl methyl sites for hydroxylation is 1. The average molecular weight is 245 g/mol. The Morgan fingerprint density at radius 2 is 2.06 bits per heavy atom. The van der Waals surface area contributed by atoms with Gasteiger partial charge in [0.25, 0.3) is 0 Å². The van der Waals surface area contributed by atoms with Crippen molar-refractivity contribution in [3.8, 4) is 11.4 Å². The number of nitrogens with zero attached hydrogens (tertiary/aromatic N) is 4. The first-order valence-electron chi connectivity index (χ1n) is 6.39. The molecule has 0 radical (unpaired) electrons. The molecule has 2 N–H and O–H groups in total. The van der Waals surface area contributed by atoms with Crippen molar-refractivity contribution in [2.45, 2.75) is 39.7 Å². The largest absolute Gasteiger partial charge is 0.383 e. The summed E-state index contributed by atoms with van der Waals surface area (Å²) in [5.41, 5.74) is 8.92. The molecular formula is C13H19N5. The summed E-state index contributed by atoms with van der Waals surface area (Å²) in [5.74, 6) is 0.575. The van der Waals surface area contributed by atoms with Gasteiger partial charge in [0.1, 0.15) is 12.1 Å². The summed E-state index contributed by atoms with van der Waals surface area (Å²) < 4.78 is 1.97. The molecule has 0 amide bonds. The van der Waals surface area contributed by atoms with E-state index >= 15 is 0 Å². The van der Waals surface area contributed by atoms with Crippen LogP contribution in [0.25, 0.3) is 11.4 Å². The smallest absolute Gasteiger partial charge is 0.130 e. The molecule has 0 atom stereocenters. The highest BCUT2D eigenvalue weighted by Crippen LogP contribution is 2.25.